The van der Waals surface area contributed by atoms with E-state index in [9.17, 15) is 18.0 Å². The Morgan fingerprint density at radius 3 is 2.08 bits per heavy atom. The van der Waals surface area contributed by atoms with E-state index in [2.05, 4.69) is 0 Å². The van der Waals surface area contributed by atoms with E-state index in [-0.39, 0.29) is 0 Å². The van der Waals surface area contributed by atoms with E-state index in [1.165, 1.54) is 0 Å². The third kappa shape index (κ3) is 1.66. The summed E-state index contributed by atoms with van der Waals surface area (Å²) in [6.07, 6.45) is 2.25. The molecule has 1 aliphatic rings. The van der Waals surface area contributed by atoms with Crippen LogP contribution in [0.25, 0.3) is 0 Å². The summed E-state index contributed by atoms with van der Waals surface area (Å²) in [7, 11) is -4.38. The third-order valence-corrected chi connectivity index (χ3v) is 2.06. The summed E-state index contributed by atoms with van der Waals surface area (Å²) in [5.74, 6) is -1.76. The van der Waals surface area contributed by atoms with Crippen molar-refractivity contribution in [1.29, 1.82) is 0 Å². The summed E-state index contributed by atoms with van der Waals surface area (Å²) in [6.45, 7) is 0. The molecule has 0 aromatic heterocycles. The first-order valence-corrected chi connectivity index (χ1v) is 4.31. The van der Waals surface area contributed by atoms with Crippen LogP contribution in [0.3, 0.4) is 0 Å². The van der Waals surface area contributed by atoms with E-state index in [4.69, 9.17) is 4.55 Å². The molecule has 12 heavy (non-hydrogen) atoms. The topological polar surface area (TPSA) is 88.5 Å². The van der Waals surface area contributed by atoms with Crippen LogP contribution in [0, 0.1) is 0 Å². The van der Waals surface area contributed by atoms with Gasteiger partial charge in [0.05, 0.1) is 4.91 Å². The molecule has 0 heterocycles. The van der Waals surface area contributed by atoms with Gasteiger partial charge in [0.1, 0.15) is 0 Å². The number of allylic oxidation sites excluding steroid dienone is 3. The van der Waals surface area contributed by atoms with Crippen molar-refractivity contribution >= 4 is 21.7 Å². The number of carbonyl (C=O) groups is 2. The van der Waals surface area contributed by atoms with Crippen molar-refractivity contribution in [3.8, 4) is 0 Å². The third-order valence-electron chi connectivity index (χ3n) is 1.21. The fourth-order valence-electron chi connectivity index (χ4n) is 0.649. The molecule has 0 aromatic rings. The molecule has 0 fully saturated rings. The molecule has 6 heteroatoms. The maximum Gasteiger partial charge on any atom is 0.294 e. The Kier molecular flexibility index (Phi) is 1.95. The van der Waals surface area contributed by atoms with Gasteiger partial charge >= 0.3 is 0 Å². The highest BCUT2D eigenvalue weighted by atomic mass is 32.2. The van der Waals surface area contributed by atoms with Crippen molar-refractivity contribution in [2.45, 2.75) is 0 Å². The molecule has 1 N–H and O–H groups in total. The quantitative estimate of drug-likeness (QED) is 0.339. The number of hydrogen-bond donors (Lipinski definition) is 1. The maximum absolute atomic E-state index is 10.6. The second-order valence-corrected chi connectivity index (χ2v) is 3.51. The van der Waals surface area contributed by atoms with E-state index >= 15 is 0 Å². The van der Waals surface area contributed by atoms with Crippen molar-refractivity contribution in [3.05, 3.63) is 23.1 Å². The van der Waals surface area contributed by atoms with Gasteiger partial charge < -0.3 is 0 Å². The second kappa shape index (κ2) is 2.65. The van der Waals surface area contributed by atoms with Crippen LogP contribution in [0.4, 0.5) is 0 Å². The number of ketones is 2. The van der Waals surface area contributed by atoms with Crippen LogP contribution >= 0.6 is 0 Å². The van der Waals surface area contributed by atoms with Crippen LogP contribution in [-0.2, 0) is 19.7 Å². The van der Waals surface area contributed by atoms with E-state index < -0.39 is 26.6 Å². The lowest BCUT2D eigenvalue weighted by molar-refractivity contribution is -0.131. The summed E-state index contributed by atoms with van der Waals surface area (Å²) >= 11 is 0. The Morgan fingerprint density at radius 2 is 1.67 bits per heavy atom. The lowest BCUT2D eigenvalue weighted by Gasteiger charge is -2.00. The molecular weight excluding hydrogens is 184 g/mol. The summed E-state index contributed by atoms with van der Waals surface area (Å²) < 4.78 is 29.3. The van der Waals surface area contributed by atoms with Gasteiger partial charge in [0.2, 0.25) is 11.6 Å². The first-order valence-electron chi connectivity index (χ1n) is 2.87. The SMILES string of the molecule is O=C1C=CC(S(=O)(=O)O)=CC1=O. The lowest BCUT2D eigenvalue weighted by atomic mass is 10.1. The minimum atomic E-state index is -4.38. The van der Waals surface area contributed by atoms with Crippen LogP contribution in [-0.4, -0.2) is 24.5 Å². The Hall–Kier alpha value is -1.27. The highest BCUT2D eigenvalue weighted by molar-refractivity contribution is 7.90. The Labute approximate surface area is 68.1 Å². The van der Waals surface area contributed by atoms with Gasteiger partial charge in [-0.1, -0.05) is 0 Å². The zero-order valence-electron chi connectivity index (χ0n) is 5.72. The van der Waals surface area contributed by atoms with Crippen molar-refractivity contribution < 1.29 is 22.6 Å². The van der Waals surface area contributed by atoms with Gasteiger partial charge in [-0.25, -0.2) is 0 Å². The van der Waals surface area contributed by atoms with Crippen LogP contribution in [0.2, 0.25) is 0 Å². The zero-order chi connectivity index (χ0) is 9.35. The van der Waals surface area contributed by atoms with Crippen LogP contribution in [0.5, 0.6) is 0 Å². The van der Waals surface area contributed by atoms with Gasteiger partial charge in [-0.3, -0.25) is 14.1 Å². The number of hydrogen-bond acceptors (Lipinski definition) is 4. The molecule has 0 amide bonds. The lowest BCUT2D eigenvalue weighted by Crippen LogP contribution is -2.14. The largest absolute Gasteiger partial charge is 0.294 e. The molecule has 0 spiro atoms. The molecule has 0 radical (unpaired) electrons. The van der Waals surface area contributed by atoms with Gasteiger partial charge in [-0.2, -0.15) is 8.42 Å². The van der Waals surface area contributed by atoms with Crippen molar-refractivity contribution in [1.82, 2.24) is 0 Å². The average molecular weight is 188 g/mol. The summed E-state index contributed by atoms with van der Waals surface area (Å²) in [5, 5.41) is 0. The average Bonchev–Trinajstić information content (AvgIpc) is 1.92. The zero-order valence-corrected chi connectivity index (χ0v) is 6.54. The molecule has 64 valence electrons. The molecule has 0 saturated heterocycles. The highest BCUT2D eigenvalue weighted by Gasteiger charge is 2.20. The van der Waals surface area contributed by atoms with Crippen molar-refractivity contribution in [3.63, 3.8) is 0 Å². The number of carbonyl (C=O) groups excluding carboxylic acids is 2. The molecule has 1 rings (SSSR count). The van der Waals surface area contributed by atoms with Crippen molar-refractivity contribution in [2.24, 2.45) is 0 Å². The summed E-state index contributed by atoms with van der Waals surface area (Å²) in [6, 6.07) is 0. The number of rotatable bonds is 1. The molecule has 5 nitrogen and oxygen atoms in total. The van der Waals surface area contributed by atoms with E-state index in [1.54, 1.807) is 0 Å². The van der Waals surface area contributed by atoms with Crippen molar-refractivity contribution in [2.75, 3.05) is 0 Å². The predicted octanol–water partition coefficient (Wildman–Crippen LogP) is -0.534. The van der Waals surface area contributed by atoms with Gasteiger partial charge in [-0.05, 0) is 12.2 Å². The molecule has 0 unspecified atom stereocenters. The fourth-order valence-corrected chi connectivity index (χ4v) is 1.14. The summed E-state index contributed by atoms with van der Waals surface area (Å²) in [5.41, 5.74) is 0. The molecule has 0 saturated carbocycles. The highest BCUT2D eigenvalue weighted by Crippen LogP contribution is 2.10. The minimum Gasteiger partial charge on any atom is -0.286 e. The summed E-state index contributed by atoms with van der Waals surface area (Å²) in [4.78, 5) is 20.5. The van der Waals surface area contributed by atoms with Crippen LogP contribution < -0.4 is 0 Å². The Bertz CT molecular complexity index is 398. The van der Waals surface area contributed by atoms with Crippen LogP contribution in [0.15, 0.2) is 23.1 Å². The molecule has 0 aliphatic heterocycles. The molecule has 0 aromatic carbocycles. The normalized spacial score (nSPS) is 17.9. The van der Waals surface area contributed by atoms with Gasteiger partial charge in [0.15, 0.2) is 0 Å². The smallest absolute Gasteiger partial charge is 0.286 e. The molecule has 1 aliphatic carbocycles. The fraction of sp³-hybridized carbons (Fsp3) is 0. The van der Waals surface area contributed by atoms with Gasteiger partial charge in [0.25, 0.3) is 10.1 Å². The van der Waals surface area contributed by atoms with Gasteiger partial charge in [-0.15, -0.1) is 0 Å². The van der Waals surface area contributed by atoms with Crippen LogP contribution in [0.1, 0.15) is 0 Å². The minimum absolute atomic E-state index is 0.563. The second-order valence-electron chi connectivity index (χ2n) is 2.08. The monoisotopic (exact) mass is 188 g/mol. The van der Waals surface area contributed by atoms with E-state index in [0.717, 1.165) is 12.2 Å². The maximum atomic E-state index is 10.6. The molecular formula is C6H4O5S. The standard InChI is InChI=1S/C6H4O5S/c7-5-2-1-4(3-6(5)8)12(9,10)11/h1-3H,(H,9,10,11). The Balaban J connectivity index is 3.16. The molecule has 0 bridgehead atoms. The van der Waals surface area contributed by atoms with E-state index in [0.29, 0.717) is 6.08 Å². The van der Waals surface area contributed by atoms with Gasteiger partial charge in [0, 0.05) is 6.08 Å². The predicted molar refractivity (Wildman–Crippen MR) is 38.8 cm³/mol. The Morgan fingerprint density at radius 1 is 1.08 bits per heavy atom. The first kappa shape index (κ1) is 8.82. The molecule has 0 atom stereocenters. The first-order chi connectivity index (χ1) is 5.41. The van der Waals surface area contributed by atoms with E-state index in [1.807, 2.05) is 0 Å².